The van der Waals surface area contributed by atoms with Gasteiger partial charge in [0.15, 0.2) is 0 Å². The quantitative estimate of drug-likeness (QED) is 0.651. The summed E-state index contributed by atoms with van der Waals surface area (Å²) in [5.41, 5.74) is 0.299. The molecule has 2 fully saturated rings. The fraction of sp³-hybridized carbons (Fsp3) is 0.545. The topological polar surface area (TPSA) is 73.3 Å². The van der Waals surface area contributed by atoms with Crippen LogP contribution in [0.5, 0.6) is 0 Å². The third-order valence-corrected chi connectivity index (χ3v) is 3.60. The van der Waals surface area contributed by atoms with Crippen molar-refractivity contribution < 1.29 is 14.3 Å². The highest BCUT2D eigenvalue weighted by atomic mass is 35.5. The fourth-order valence-corrected chi connectivity index (χ4v) is 2.47. The summed E-state index contributed by atoms with van der Waals surface area (Å²) in [5.74, 6) is 0.964. The van der Waals surface area contributed by atoms with Crippen molar-refractivity contribution in [2.45, 2.75) is 6.04 Å². The number of fused-ring (bicyclic) bond motifs is 1. The van der Waals surface area contributed by atoms with Crippen LogP contribution in [0.25, 0.3) is 0 Å². The Morgan fingerprint density at radius 1 is 1.56 bits per heavy atom. The van der Waals surface area contributed by atoms with E-state index in [0.717, 1.165) is 13.2 Å². The van der Waals surface area contributed by atoms with E-state index in [9.17, 15) is 4.79 Å². The summed E-state index contributed by atoms with van der Waals surface area (Å²) in [6, 6.07) is 0.299. The summed E-state index contributed by atoms with van der Waals surface area (Å²) in [7, 11) is 1.32. The Morgan fingerprint density at radius 2 is 2.28 bits per heavy atom. The third kappa shape index (κ3) is 1.91. The summed E-state index contributed by atoms with van der Waals surface area (Å²) in [4.78, 5) is 19.4. The fourth-order valence-electron chi connectivity index (χ4n) is 2.34. The van der Waals surface area contributed by atoms with Gasteiger partial charge in [0.2, 0.25) is 5.28 Å². The van der Waals surface area contributed by atoms with Crippen LogP contribution >= 0.6 is 11.6 Å². The molecule has 1 N–H and O–H groups in total. The van der Waals surface area contributed by atoms with E-state index in [0.29, 0.717) is 29.3 Å². The lowest BCUT2D eigenvalue weighted by Crippen LogP contribution is -2.17. The molecule has 6 nitrogen and oxygen atoms in total. The first kappa shape index (κ1) is 11.7. The number of nitrogens with zero attached hydrogens (tertiary/aromatic N) is 2. The predicted molar refractivity (Wildman–Crippen MR) is 63.6 cm³/mol. The van der Waals surface area contributed by atoms with Gasteiger partial charge in [0.25, 0.3) is 0 Å². The maximum absolute atomic E-state index is 11.6. The van der Waals surface area contributed by atoms with Crippen molar-refractivity contribution in [1.82, 2.24) is 9.97 Å². The number of nitrogens with one attached hydrogen (secondary N) is 1. The van der Waals surface area contributed by atoms with Gasteiger partial charge in [0.05, 0.1) is 20.3 Å². The summed E-state index contributed by atoms with van der Waals surface area (Å²) in [6.45, 7) is 1.52. The molecule has 2 aliphatic rings. The van der Waals surface area contributed by atoms with E-state index < -0.39 is 5.97 Å². The van der Waals surface area contributed by atoms with Crippen molar-refractivity contribution in [3.63, 3.8) is 0 Å². The van der Waals surface area contributed by atoms with Crippen molar-refractivity contribution in [2.24, 2.45) is 11.8 Å². The molecular formula is C11H12ClN3O3. The van der Waals surface area contributed by atoms with E-state index in [1.165, 1.54) is 13.3 Å². The van der Waals surface area contributed by atoms with Crippen LogP contribution in [0.15, 0.2) is 6.20 Å². The molecule has 7 heteroatoms. The number of hydrogen-bond acceptors (Lipinski definition) is 6. The Labute approximate surface area is 109 Å². The Kier molecular flexibility index (Phi) is 2.83. The Balaban J connectivity index is 1.81. The monoisotopic (exact) mass is 269 g/mol. The van der Waals surface area contributed by atoms with Gasteiger partial charge in [0.1, 0.15) is 11.4 Å². The molecule has 0 radical (unpaired) electrons. The molecule has 1 aliphatic heterocycles. The van der Waals surface area contributed by atoms with Gasteiger partial charge in [-0.15, -0.1) is 0 Å². The van der Waals surface area contributed by atoms with Crippen LogP contribution in [-0.4, -0.2) is 42.3 Å². The normalized spacial score (nSPS) is 28.7. The lowest BCUT2D eigenvalue weighted by molar-refractivity contribution is 0.0601. The van der Waals surface area contributed by atoms with Crippen molar-refractivity contribution in [3.05, 3.63) is 17.0 Å². The van der Waals surface area contributed by atoms with Crippen LogP contribution in [0.2, 0.25) is 5.28 Å². The number of anilines is 1. The predicted octanol–water partition coefficient (Wildman–Crippen LogP) is 0.973. The van der Waals surface area contributed by atoms with Gasteiger partial charge in [-0.3, -0.25) is 0 Å². The van der Waals surface area contributed by atoms with E-state index in [-0.39, 0.29) is 5.28 Å². The number of ether oxygens (including phenoxy) is 2. The maximum Gasteiger partial charge on any atom is 0.343 e. The molecule has 0 unspecified atom stereocenters. The second-order valence-corrected chi connectivity index (χ2v) is 4.77. The molecule has 0 bridgehead atoms. The lowest BCUT2D eigenvalue weighted by atomic mass is 10.3. The molecular weight excluding hydrogens is 258 g/mol. The first-order chi connectivity index (χ1) is 8.70. The van der Waals surface area contributed by atoms with E-state index in [4.69, 9.17) is 16.3 Å². The van der Waals surface area contributed by atoms with Crippen molar-refractivity contribution in [3.8, 4) is 0 Å². The Morgan fingerprint density at radius 3 is 2.94 bits per heavy atom. The highest BCUT2D eigenvalue weighted by Gasteiger charge is 2.54. The summed E-state index contributed by atoms with van der Waals surface area (Å²) >= 11 is 5.75. The SMILES string of the molecule is COC(=O)c1cnc(Cl)nc1N[C@@H]1[C@@H]2COC[C@@H]21. The first-order valence-corrected chi connectivity index (χ1v) is 6.03. The van der Waals surface area contributed by atoms with Gasteiger partial charge in [-0.05, 0) is 11.6 Å². The molecule has 1 aliphatic carbocycles. The number of esters is 1. The van der Waals surface area contributed by atoms with Crippen LogP contribution < -0.4 is 5.32 Å². The first-order valence-electron chi connectivity index (χ1n) is 5.66. The average molecular weight is 270 g/mol. The number of carbonyl (C=O) groups excluding carboxylic acids is 1. The zero-order valence-corrected chi connectivity index (χ0v) is 10.5. The lowest BCUT2D eigenvalue weighted by Gasteiger charge is -2.11. The zero-order valence-electron chi connectivity index (χ0n) is 9.72. The number of hydrogen-bond donors (Lipinski definition) is 1. The van der Waals surface area contributed by atoms with Crippen LogP contribution in [0.1, 0.15) is 10.4 Å². The number of halogens is 1. The van der Waals surface area contributed by atoms with Gasteiger partial charge in [-0.1, -0.05) is 0 Å². The molecule has 18 heavy (non-hydrogen) atoms. The smallest absolute Gasteiger partial charge is 0.343 e. The molecule has 96 valence electrons. The van der Waals surface area contributed by atoms with Crippen LogP contribution in [0, 0.1) is 11.8 Å². The zero-order chi connectivity index (χ0) is 12.7. The molecule has 3 rings (SSSR count). The van der Waals surface area contributed by atoms with Crippen molar-refractivity contribution >= 4 is 23.4 Å². The second kappa shape index (κ2) is 4.37. The minimum Gasteiger partial charge on any atom is -0.465 e. The van der Waals surface area contributed by atoms with Gasteiger partial charge < -0.3 is 14.8 Å². The largest absolute Gasteiger partial charge is 0.465 e. The van der Waals surface area contributed by atoms with E-state index in [1.807, 2.05) is 0 Å². The molecule has 0 amide bonds. The molecule has 1 saturated carbocycles. The van der Waals surface area contributed by atoms with Crippen molar-refractivity contribution in [2.75, 3.05) is 25.6 Å². The van der Waals surface area contributed by atoms with Crippen molar-refractivity contribution in [1.29, 1.82) is 0 Å². The minimum absolute atomic E-state index is 0.104. The van der Waals surface area contributed by atoms with Gasteiger partial charge >= 0.3 is 5.97 Å². The molecule has 1 saturated heterocycles. The van der Waals surface area contributed by atoms with Crippen LogP contribution in [0.3, 0.4) is 0 Å². The summed E-state index contributed by atoms with van der Waals surface area (Å²) in [5, 5.41) is 3.33. The summed E-state index contributed by atoms with van der Waals surface area (Å²) < 4.78 is 9.99. The highest BCUT2D eigenvalue weighted by molar-refractivity contribution is 6.28. The maximum atomic E-state index is 11.6. The molecule has 0 spiro atoms. The average Bonchev–Trinajstić information content (AvgIpc) is 2.81. The third-order valence-electron chi connectivity index (χ3n) is 3.42. The van der Waals surface area contributed by atoms with Crippen LogP contribution in [-0.2, 0) is 9.47 Å². The highest BCUT2D eigenvalue weighted by Crippen LogP contribution is 2.46. The Hall–Kier alpha value is -1.40. The number of aromatic nitrogens is 2. The number of carbonyl (C=O) groups is 1. The number of rotatable bonds is 3. The minimum atomic E-state index is -0.476. The molecule has 2 heterocycles. The second-order valence-electron chi connectivity index (χ2n) is 4.43. The van der Waals surface area contributed by atoms with Gasteiger partial charge in [-0.25, -0.2) is 9.78 Å². The molecule has 3 atom stereocenters. The molecule has 0 aromatic carbocycles. The molecule has 1 aromatic heterocycles. The van der Waals surface area contributed by atoms with Gasteiger partial charge in [-0.2, -0.15) is 4.98 Å². The van der Waals surface area contributed by atoms with E-state index >= 15 is 0 Å². The van der Waals surface area contributed by atoms with E-state index in [2.05, 4.69) is 20.0 Å². The van der Waals surface area contributed by atoms with Crippen LogP contribution in [0.4, 0.5) is 5.82 Å². The molecule has 1 aromatic rings. The summed E-state index contributed by atoms with van der Waals surface area (Å²) in [6.07, 6.45) is 1.37. The standard InChI is InChI=1S/C11H12ClN3O3/c1-17-10(16)5-2-13-11(12)15-9(5)14-8-6-3-18-4-7(6)8/h2,6-8H,3-4H2,1H3,(H,13,14,15)/t6-,7+,8-. The van der Waals surface area contributed by atoms with Gasteiger partial charge in [0, 0.05) is 24.1 Å². The number of methoxy groups -OCH3 is 1. The van der Waals surface area contributed by atoms with E-state index in [1.54, 1.807) is 0 Å². The Bertz CT molecular complexity index is 486.